The lowest BCUT2D eigenvalue weighted by atomic mass is 10.1. The Hall–Kier alpha value is -1.88. The summed E-state index contributed by atoms with van der Waals surface area (Å²) < 4.78 is 0.853. The molecular formula is C14H14BrN3O. The number of aryl methyl sites for hydroxylation is 2. The van der Waals surface area contributed by atoms with Crippen LogP contribution in [0.2, 0.25) is 0 Å². The average Bonchev–Trinajstić information content (AvgIpc) is 2.34. The fraction of sp³-hybridized carbons (Fsp3) is 0.143. The van der Waals surface area contributed by atoms with E-state index in [0.29, 0.717) is 11.3 Å². The van der Waals surface area contributed by atoms with Gasteiger partial charge in [-0.1, -0.05) is 6.07 Å². The molecule has 0 aliphatic heterocycles. The molecular weight excluding hydrogens is 306 g/mol. The Labute approximate surface area is 120 Å². The number of carbonyl (C=O) groups excluding carboxylic acids is 1. The Balaban J connectivity index is 2.32. The number of aromatic nitrogens is 1. The molecule has 0 unspecified atom stereocenters. The van der Waals surface area contributed by atoms with Gasteiger partial charge < -0.3 is 11.1 Å². The van der Waals surface area contributed by atoms with Gasteiger partial charge >= 0.3 is 0 Å². The summed E-state index contributed by atoms with van der Waals surface area (Å²) in [7, 11) is 0. The van der Waals surface area contributed by atoms with Gasteiger partial charge in [0.05, 0.1) is 23.1 Å². The van der Waals surface area contributed by atoms with Crippen molar-refractivity contribution in [2.24, 2.45) is 0 Å². The van der Waals surface area contributed by atoms with E-state index in [1.807, 2.05) is 26.0 Å². The standard InChI is InChI=1S/C14H14BrN3O/c1-8-5-9(2)13(11(15)6-8)18-14(19)10-3-4-17-7-12(10)16/h3-7H,16H2,1-2H3,(H,18,19). The first kappa shape index (κ1) is 13.5. The maximum Gasteiger partial charge on any atom is 0.257 e. The molecule has 3 N–H and O–H groups in total. The maximum absolute atomic E-state index is 12.2. The number of nitrogens with two attached hydrogens (primary N) is 1. The number of anilines is 2. The molecule has 2 aromatic rings. The molecule has 0 saturated carbocycles. The first-order valence-electron chi connectivity index (χ1n) is 5.76. The van der Waals surface area contributed by atoms with E-state index in [2.05, 4.69) is 26.2 Å². The number of nitrogens with zero attached hydrogens (tertiary/aromatic N) is 1. The van der Waals surface area contributed by atoms with Crippen molar-refractivity contribution in [3.05, 3.63) is 51.8 Å². The highest BCUT2D eigenvalue weighted by Crippen LogP contribution is 2.28. The molecule has 0 radical (unpaired) electrons. The number of hydrogen-bond acceptors (Lipinski definition) is 3. The minimum atomic E-state index is -0.243. The maximum atomic E-state index is 12.2. The van der Waals surface area contributed by atoms with Crippen LogP contribution in [-0.2, 0) is 0 Å². The van der Waals surface area contributed by atoms with Crippen molar-refractivity contribution in [2.75, 3.05) is 11.1 Å². The second kappa shape index (κ2) is 5.40. The normalized spacial score (nSPS) is 10.3. The smallest absolute Gasteiger partial charge is 0.257 e. The molecule has 1 aromatic carbocycles. The highest BCUT2D eigenvalue weighted by Gasteiger charge is 2.13. The molecule has 1 heterocycles. The number of rotatable bonds is 2. The van der Waals surface area contributed by atoms with Crippen LogP contribution in [-0.4, -0.2) is 10.9 Å². The third kappa shape index (κ3) is 2.93. The van der Waals surface area contributed by atoms with Gasteiger partial charge in [0.15, 0.2) is 0 Å². The molecule has 0 atom stereocenters. The number of nitrogen functional groups attached to an aromatic ring is 1. The van der Waals surface area contributed by atoms with E-state index < -0.39 is 0 Å². The first-order chi connectivity index (χ1) is 8.99. The third-order valence-corrected chi connectivity index (χ3v) is 3.39. The first-order valence-corrected chi connectivity index (χ1v) is 6.56. The van der Waals surface area contributed by atoms with E-state index in [1.165, 1.54) is 6.20 Å². The van der Waals surface area contributed by atoms with Gasteiger partial charge in [-0.3, -0.25) is 9.78 Å². The molecule has 0 fully saturated rings. The van der Waals surface area contributed by atoms with Gasteiger partial charge in [-0.15, -0.1) is 0 Å². The molecule has 19 heavy (non-hydrogen) atoms. The summed E-state index contributed by atoms with van der Waals surface area (Å²) in [6.45, 7) is 3.95. The summed E-state index contributed by atoms with van der Waals surface area (Å²) in [5.74, 6) is -0.243. The Kier molecular flexibility index (Phi) is 3.85. The van der Waals surface area contributed by atoms with Crippen LogP contribution in [0.25, 0.3) is 0 Å². The second-order valence-corrected chi connectivity index (χ2v) is 5.21. The van der Waals surface area contributed by atoms with Gasteiger partial charge in [-0.2, -0.15) is 0 Å². The minimum absolute atomic E-state index is 0.243. The Bertz CT molecular complexity index is 617. The second-order valence-electron chi connectivity index (χ2n) is 4.36. The molecule has 1 aromatic heterocycles. The van der Waals surface area contributed by atoms with Crippen molar-refractivity contribution >= 4 is 33.2 Å². The fourth-order valence-electron chi connectivity index (χ4n) is 1.87. The van der Waals surface area contributed by atoms with Crippen molar-refractivity contribution in [1.29, 1.82) is 0 Å². The zero-order chi connectivity index (χ0) is 14.0. The lowest BCUT2D eigenvalue weighted by Gasteiger charge is -2.12. The molecule has 2 rings (SSSR count). The largest absolute Gasteiger partial charge is 0.397 e. The topological polar surface area (TPSA) is 68.0 Å². The van der Waals surface area contributed by atoms with E-state index in [4.69, 9.17) is 5.73 Å². The third-order valence-electron chi connectivity index (χ3n) is 2.77. The van der Waals surface area contributed by atoms with Crippen LogP contribution in [0, 0.1) is 13.8 Å². The summed E-state index contributed by atoms with van der Waals surface area (Å²) in [5.41, 5.74) is 9.40. The summed E-state index contributed by atoms with van der Waals surface area (Å²) in [6, 6.07) is 5.57. The van der Waals surface area contributed by atoms with Gasteiger partial charge in [-0.05, 0) is 53.0 Å². The number of hydrogen-bond donors (Lipinski definition) is 2. The highest BCUT2D eigenvalue weighted by molar-refractivity contribution is 9.10. The number of nitrogens with one attached hydrogen (secondary N) is 1. The van der Waals surface area contributed by atoms with Gasteiger partial charge in [0.1, 0.15) is 0 Å². The Morgan fingerprint density at radius 1 is 1.37 bits per heavy atom. The lowest BCUT2D eigenvalue weighted by molar-refractivity contribution is 0.102. The highest BCUT2D eigenvalue weighted by atomic mass is 79.9. The van der Waals surface area contributed by atoms with E-state index >= 15 is 0 Å². The number of halogens is 1. The zero-order valence-electron chi connectivity index (χ0n) is 10.7. The van der Waals surface area contributed by atoms with Crippen molar-refractivity contribution in [3.63, 3.8) is 0 Å². The minimum Gasteiger partial charge on any atom is -0.397 e. The van der Waals surface area contributed by atoms with Crippen molar-refractivity contribution in [3.8, 4) is 0 Å². The number of pyridine rings is 1. The van der Waals surface area contributed by atoms with Crippen LogP contribution >= 0.6 is 15.9 Å². The van der Waals surface area contributed by atoms with E-state index in [-0.39, 0.29) is 5.91 Å². The molecule has 0 aliphatic rings. The van der Waals surface area contributed by atoms with Crippen molar-refractivity contribution < 1.29 is 4.79 Å². The predicted molar refractivity (Wildman–Crippen MR) is 80.2 cm³/mol. The van der Waals surface area contributed by atoms with Gasteiger partial charge in [0, 0.05) is 10.7 Å². The summed E-state index contributed by atoms with van der Waals surface area (Å²) in [6.07, 6.45) is 3.01. The van der Waals surface area contributed by atoms with Crippen LogP contribution in [0.4, 0.5) is 11.4 Å². The summed E-state index contributed by atoms with van der Waals surface area (Å²) >= 11 is 3.46. The number of amides is 1. The molecule has 0 spiro atoms. The molecule has 1 amide bonds. The summed E-state index contributed by atoms with van der Waals surface area (Å²) in [5, 5.41) is 2.87. The van der Waals surface area contributed by atoms with Crippen LogP contribution in [0.3, 0.4) is 0 Å². The zero-order valence-corrected chi connectivity index (χ0v) is 12.3. The Morgan fingerprint density at radius 3 is 2.74 bits per heavy atom. The van der Waals surface area contributed by atoms with Gasteiger partial charge in [-0.25, -0.2) is 0 Å². The van der Waals surface area contributed by atoms with Crippen molar-refractivity contribution in [2.45, 2.75) is 13.8 Å². The van der Waals surface area contributed by atoms with Gasteiger partial charge in [0.2, 0.25) is 0 Å². The van der Waals surface area contributed by atoms with Crippen LogP contribution in [0.5, 0.6) is 0 Å². The van der Waals surface area contributed by atoms with Gasteiger partial charge in [0.25, 0.3) is 5.91 Å². The van der Waals surface area contributed by atoms with Crippen molar-refractivity contribution in [1.82, 2.24) is 4.98 Å². The molecule has 98 valence electrons. The van der Waals surface area contributed by atoms with Crippen LogP contribution in [0.15, 0.2) is 35.1 Å². The SMILES string of the molecule is Cc1cc(C)c(NC(=O)c2ccncc2N)c(Br)c1. The molecule has 5 heteroatoms. The quantitative estimate of drug-likeness (QED) is 0.892. The fourth-order valence-corrected chi connectivity index (χ4v) is 2.64. The predicted octanol–water partition coefficient (Wildman–Crippen LogP) is 3.30. The average molecular weight is 320 g/mol. The summed E-state index contributed by atoms with van der Waals surface area (Å²) in [4.78, 5) is 16.1. The molecule has 0 saturated heterocycles. The van der Waals surface area contributed by atoms with E-state index in [0.717, 1.165) is 21.3 Å². The van der Waals surface area contributed by atoms with Crippen LogP contribution < -0.4 is 11.1 Å². The Morgan fingerprint density at radius 2 is 2.11 bits per heavy atom. The molecule has 0 bridgehead atoms. The van der Waals surface area contributed by atoms with Crippen LogP contribution in [0.1, 0.15) is 21.5 Å². The number of benzene rings is 1. The van der Waals surface area contributed by atoms with E-state index in [9.17, 15) is 4.79 Å². The molecule has 0 aliphatic carbocycles. The lowest BCUT2D eigenvalue weighted by Crippen LogP contribution is -2.15. The monoisotopic (exact) mass is 319 g/mol. The molecule has 4 nitrogen and oxygen atoms in total. The number of carbonyl (C=O) groups is 1. The van der Waals surface area contributed by atoms with E-state index in [1.54, 1.807) is 12.3 Å².